The standard InChI is InChI=1S/C16H13ClN2S/c17-16-10-13(8-9-18-16)19-11-14-6-7-15(20-14)12-4-2-1-3-5-12/h1-10H,11H2,(H,18,19). The molecule has 0 aliphatic heterocycles. The van der Waals surface area contributed by atoms with E-state index >= 15 is 0 Å². The number of hydrogen-bond donors (Lipinski definition) is 1. The van der Waals surface area contributed by atoms with E-state index in [9.17, 15) is 0 Å². The molecule has 0 radical (unpaired) electrons. The van der Waals surface area contributed by atoms with Gasteiger partial charge in [0.2, 0.25) is 0 Å². The first-order valence-corrected chi connectivity index (χ1v) is 7.50. The lowest BCUT2D eigenvalue weighted by Gasteiger charge is -2.04. The van der Waals surface area contributed by atoms with Crippen LogP contribution >= 0.6 is 22.9 Å². The second-order valence-electron chi connectivity index (χ2n) is 4.35. The first-order valence-electron chi connectivity index (χ1n) is 6.31. The van der Waals surface area contributed by atoms with Gasteiger partial charge in [0.15, 0.2) is 0 Å². The first kappa shape index (κ1) is 13.2. The molecular formula is C16H13ClN2S. The van der Waals surface area contributed by atoms with Gasteiger partial charge in [0.05, 0.1) is 0 Å². The summed E-state index contributed by atoms with van der Waals surface area (Å²) < 4.78 is 0. The summed E-state index contributed by atoms with van der Waals surface area (Å²) in [6.07, 6.45) is 1.70. The van der Waals surface area contributed by atoms with Crippen molar-refractivity contribution in [3.05, 3.63) is 70.8 Å². The minimum Gasteiger partial charge on any atom is -0.380 e. The minimum atomic E-state index is 0.506. The monoisotopic (exact) mass is 300 g/mol. The Kier molecular flexibility index (Phi) is 4.00. The van der Waals surface area contributed by atoms with Crippen molar-refractivity contribution in [1.29, 1.82) is 0 Å². The maximum Gasteiger partial charge on any atom is 0.131 e. The molecule has 0 amide bonds. The highest BCUT2D eigenvalue weighted by atomic mass is 35.5. The lowest BCUT2D eigenvalue weighted by atomic mass is 10.2. The SMILES string of the molecule is Clc1cc(NCc2ccc(-c3ccccc3)s2)ccn1. The van der Waals surface area contributed by atoms with Crippen LogP contribution in [0.2, 0.25) is 5.15 Å². The predicted molar refractivity (Wildman–Crippen MR) is 86.3 cm³/mol. The predicted octanol–water partition coefficient (Wildman–Crippen LogP) is 5.08. The zero-order chi connectivity index (χ0) is 13.8. The van der Waals surface area contributed by atoms with Gasteiger partial charge in [0.1, 0.15) is 5.15 Å². The van der Waals surface area contributed by atoms with Crippen molar-refractivity contribution in [3.63, 3.8) is 0 Å². The smallest absolute Gasteiger partial charge is 0.131 e. The van der Waals surface area contributed by atoms with Crippen LogP contribution in [-0.2, 0) is 6.54 Å². The number of nitrogens with zero attached hydrogens (tertiary/aromatic N) is 1. The molecule has 0 aliphatic carbocycles. The molecule has 4 heteroatoms. The molecule has 3 aromatic rings. The third-order valence-electron chi connectivity index (χ3n) is 2.91. The van der Waals surface area contributed by atoms with Crippen molar-refractivity contribution < 1.29 is 0 Å². The summed E-state index contributed by atoms with van der Waals surface area (Å²) in [5, 5.41) is 3.86. The number of hydrogen-bond acceptors (Lipinski definition) is 3. The van der Waals surface area contributed by atoms with Gasteiger partial charge in [0, 0.05) is 28.2 Å². The molecule has 2 nitrogen and oxygen atoms in total. The van der Waals surface area contributed by atoms with E-state index < -0.39 is 0 Å². The quantitative estimate of drug-likeness (QED) is 0.680. The average molecular weight is 301 g/mol. The van der Waals surface area contributed by atoms with Crippen molar-refractivity contribution in [2.45, 2.75) is 6.54 Å². The Morgan fingerprint density at radius 3 is 2.70 bits per heavy atom. The second kappa shape index (κ2) is 6.07. The van der Waals surface area contributed by atoms with E-state index in [-0.39, 0.29) is 0 Å². The van der Waals surface area contributed by atoms with E-state index in [1.165, 1.54) is 15.3 Å². The lowest BCUT2D eigenvalue weighted by Crippen LogP contribution is -1.97. The Morgan fingerprint density at radius 1 is 1.05 bits per heavy atom. The molecule has 1 N–H and O–H groups in total. The maximum absolute atomic E-state index is 5.86. The van der Waals surface area contributed by atoms with E-state index in [2.05, 4.69) is 46.7 Å². The highest BCUT2D eigenvalue weighted by molar-refractivity contribution is 7.15. The second-order valence-corrected chi connectivity index (χ2v) is 5.91. The van der Waals surface area contributed by atoms with E-state index in [0.717, 1.165) is 12.2 Å². The van der Waals surface area contributed by atoms with Gasteiger partial charge >= 0.3 is 0 Å². The van der Waals surface area contributed by atoms with Gasteiger partial charge < -0.3 is 5.32 Å². The van der Waals surface area contributed by atoms with Gasteiger partial charge in [-0.15, -0.1) is 11.3 Å². The van der Waals surface area contributed by atoms with Crippen molar-refractivity contribution >= 4 is 28.6 Å². The third kappa shape index (κ3) is 3.18. The first-order chi connectivity index (χ1) is 9.81. The summed E-state index contributed by atoms with van der Waals surface area (Å²) in [5.41, 5.74) is 2.25. The molecule has 0 saturated carbocycles. The molecule has 0 unspecified atom stereocenters. The molecule has 0 spiro atoms. The van der Waals surface area contributed by atoms with Crippen molar-refractivity contribution in [3.8, 4) is 10.4 Å². The summed E-state index contributed by atoms with van der Waals surface area (Å²) in [4.78, 5) is 6.54. The highest BCUT2D eigenvalue weighted by Gasteiger charge is 2.02. The van der Waals surface area contributed by atoms with Crippen LogP contribution in [0.3, 0.4) is 0 Å². The molecule has 0 fully saturated rings. The van der Waals surface area contributed by atoms with Gasteiger partial charge in [-0.2, -0.15) is 0 Å². The van der Waals surface area contributed by atoms with Crippen molar-refractivity contribution in [2.75, 3.05) is 5.32 Å². The Balaban J connectivity index is 1.69. The molecule has 3 rings (SSSR count). The third-order valence-corrected chi connectivity index (χ3v) is 4.25. The van der Waals surface area contributed by atoms with Crippen LogP contribution in [0.5, 0.6) is 0 Å². The number of nitrogens with one attached hydrogen (secondary N) is 1. The minimum absolute atomic E-state index is 0.506. The van der Waals surface area contributed by atoms with Crippen molar-refractivity contribution in [1.82, 2.24) is 4.98 Å². The number of pyridine rings is 1. The Labute approximate surface area is 127 Å². The molecule has 0 saturated heterocycles. The van der Waals surface area contributed by atoms with Crippen LogP contribution in [0.4, 0.5) is 5.69 Å². The van der Waals surface area contributed by atoms with Gasteiger partial charge in [0.25, 0.3) is 0 Å². The zero-order valence-electron chi connectivity index (χ0n) is 10.7. The summed E-state index contributed by atoms with van der Waals surface area (Å²) >= 11 is 7.66. The Hall–Kier alpha value is -1.84. The van der Waals surface area contributed by atoms with E-state index in [1.54, 1.807) is 17.5 Å². The fourth-order valence-corrected chi connectivity index (χ4v) is 3.06. The number of benzene rings is 1. The van der Waals surface area contributed by atoms with Crippen LogP contribution in [-0.4, -0.2) is 4.98 Å². The molecule has 0 atom stereocenters. The number of thiophene rings is 1. The van der Waals surface area contributed by atoms with E-state index in [4.69, 9.17) is 11.6 Å². The summed E-state index contributed by atoms with van der Waals surface area (Å²) in [5.74, 6) is 0. The maximum atomic E-state index is 5.86. The van der Waals surface area contributed by atoms with Gasteiger partial charge in [-0.25, -0.2) is 4.98 Å². The molecule has 2 aromatic heterocycles. The molecular weight excluding hydrogens is 288 g/mol. The summed E-state index contributed by atoms with van der Waals surface area (Å²) in [6.45, 7) is 0.790. The number of rotatable bonds is 4. The summed E-state index contributed by atoms with van der Waals surface area (Å²) in [6, 6.07) is 18.5. The van der Waals surface area contributed by atoms with Crippen LogP contribution in [0.15, 0.2) is 60.8 Å². The lowest BCUT2D eigenvalue weighted by molar-refractivity contribution is 1.18. The topological polar surface area (TPSA) is 24.9 Å². The molecule has 20 heavy (non-hydrogen) atoms. The number of aromatic nitrogens is 1. The van der Waals surface area contributed by atoms with Gasteiger partial charge in [-0.1, -0.05) is 41.9 Å². The number of halogens is 1. The Morgan fingerprint density at radius 2 is 1.90 bits per heavy atom. The largest absolute Gasteiger partial charge is 0.380 e. The molecule has 2 heterocycles. The van der Waals surface area contributed by atoms with Crippen LogP contribution < -0.4 is 5.32 Å². The van der Waals surface area contributed by atoms with Gasteiger partial charge in [-0.3, -0.25) is 0 Å². The van der Waals surface area contributed by atoms with E-state index in [1.807, 2.05) is 18.2 Å². The summed E-state index contributed by atoms with van der Waals surface area (Å²) in [7, 11) is 0. The average Bonchev–Trinajstić information content (AvgIpc) is 2.95. The van der Waals surface area contributed by atoms with Crippen LogP contribution in [0.1, 0.15) is 4.88 Å². The molecule has 0 aliphatic rings. The fraction of sp³-hybridized carbons (Fsp3) is 0.0625. The molecule has 1 aromatic carbocycles. The fourth-order valence-electron chi connectivity index (χ4n) is 1.93. The van der Waals surface area contributed by atoms with E-state index in [0.29, 0.717) is 5.15 Å². The van der Waals surface area contributed by atoms with Gasteiger partial charge in [-0.05, 0) is 29.8 Å². The van der Waals surface area contributed by atoms with Crippen LogP contribution in [0.25, 0.3) is 10.4 Å². The van der Waals surface area contributed by atoms with Crippen LogP contribution in [0, 0.1) is 0 Å². The number of anilines is 1. The highest BCUT2D eigenvalue weighted by Crippen LogP contribution is 2.28. The molecule has 100 valence electrons. The Bertz CT molecular complexity index is 694. The zero-order valence-corrected chi connectivity index (χ0v) is 12.3. The van der Waals surface area contributed by atoms with Crippen molar-refractivity contribution in [2.24, 2.45) is 0 Å². The molecule has 0 bridgehead atoms. The normalized spacial score (nSPS) is 10.4.